The molecule has 1 heterocycles. The van der Waals surface area contributed by atoms with Crippen molar-refractivity contribution in [3.63, 3.8) is 0 Å². The Morgan fingerprint density at radius 2 is 1.67 bits per heavy atom. The first-order valence-corrected chi connectivity index (χ1v) is 9.90. The monoisotopic (exact) mass is 393 g/mol. The van der Waals surface area contributed by atoms with Gasteiger partial charge >= 0.3 is 0 Å². The maximum absolute atomic E-state index is 13.2. The first-order chi connectivity index (χ1) is 12.9. The highest BCUT2D eigenvalue weighted by molar-refractivity contribution is 7.90. The highest BCUT2D eigenvalue weighted by atomic mass is 35.5. The van der Waals surface area contributed by atoms with E-state index in [9.17, 15) is 13.5 Å². The van der Waals surface area contributed by atoms with Gasteiger partial charge in [-0.2, -0.15) is 0 Å². The zero-order valence-corrected chi connectivity index (χ0v) is 15.6. The molecule has 0 aliphatic heterocycles. The molecular formula is C20H13BClNO3S. The summed E-state index contributed by atoms with van der Waals surface area (Å²) in [6, 6.07) is 19.4. The molecule has 0 amide bonds. The number of benzene rings is 3. The molecule has 3 aromatic carbocycles. The summed E-state index contributed by atoms with van der Waals surface area (Å²) in [5, 5.41) is 10.8. The Kier molecular flexibility index (Phi) is 4.25. The predicted octanol–water partition coefficient (Wildman–Crippen LogP) is 3.70. The summed E-state index contributed by atoms with van der Waals surface area (Å²) < 4.78 is 27.5. The van der Waals surface area contributed by atoms with Gasteiger partial charge in [-0.15, -0.1) is 0 Å². The van der Waals surface area contributed by atoms with Gasteiger partial charge < -0.3 is 5.11 Å². The van der Waals surface area contributed by atoms with Crippen LogP contribution in [0.2, 0.25) is 5.02 Å². The molecule has 0 fully saturated rings. The smallest absolute Gasteiger partial charge is 0.271 e. The minimum Gasteiger partial charge on any atom is -0.505 e. The standard InChI is InChI=1S/C20H13BClNO3S/c21-16-11-17(22)20(24)19(12-16)27(25,26)23-9-8-14-6-7-15(10-18(14)23)13-4-2-1-3-5-13/h1-12,24H. The molecule has 27 heavy (non-hydrogen) atoms. The third-order valence-corrected chi connectivity index (χ3v) is 6.34. The molecule has 0 saturated carbocycles. The van der Waals surface area contributed by atoms with Crippen molar-refractivity contribution < 1.29 is 13.5 Å². The van der Waals surface area contributed by atoms with Crippen LogP contribution in [0.4, 0.5) is 0 Å². The third-order valence-electron chi connectivity index (χ3n) is 4.35. The van der Waals surface area contributed by atoms with Gasteiger partial charge in [-0.1, -0.05) is 59.5 Å². The first kappa shape index (κ1) is 17.7. The lowest BCUT2D eigenvalue weighted by Crippen LogP contribution is -2.15. The van der Waals surface area contributed by atoms with Gasteiger partial charge in [0.1, 0.15) is 12.7 Å². The van der Waals surface area contributed by atoms with E-state index >= 15 is 0 Å². The predicted molar refractivity (Wildman–Crippen MR) is 108 cm³/mol. The number of aromatic nitrogens is 1. The van der Waals surface area contributed by atoms with Crippen LogP contribution in [0.5, 0.6) is 5.75 Å². The average Bonchev–Trinajstić information content (AvgIpc) is 3.09. The second-order valence-corrected chi connectivity index (χ2v) is 8.30. The quantitative estimate of drug-likeness (QED) is 0.540. The molecule has 1 N–H and O–H groups in total. The Bertz CT molecular complexity index is 1270. The van der Waals surface area contributed by atoms with Crippen LogP contribution in [-0.4, -0.2) is 25.3 Å². The van der Waals surface area contributed by atoms with E-state index in [0.717, 1.165) is 20.5 Å². The number of phenolic OH excluding ortho intramolecular Hbond substituents is 1. The lowest BCUT2D eigenvalue weighted by molar-refractivity contribution is 0.459. The molecule has 4 rings (SSSR count). The summed E-state index contributed by atoms with van der Waals surface area (Å²) in [7, 11) is 1.63. The molecule has 2 radical (unpaired) electrons. The molecule has 1 aromatic heterocycles. The van der Waals surface area contributed by atoms with E-state index in [2.05, 4.69) is 0 Å². The largest absolute Gasteiger partial charge is 0.505 e. The highest BCUT2D eigenvalue weighted by Crippen LogP contribution is 2.33. The van der Waals surface area contributed by atoms with Crippen molar-refractivity contribution in [1.82, 2.24) is 3.97 Å². The number of hydrogen-bond acceptors (Lipinski definition) is 3. The summed E-state index contributed by atoms with van der Waals surface area (Å²) in [5.41, 5.74) is 2.50. The maximum atomic E-state index is 13.2. The van der Waals surface area contributed by atoms with Crippen molar-refractivity contribution in [1.29, 1.82) is 0 Å². The van der Waals surface area contributed by atoms with Crippen molar-refractivity contribution in [2.24, 2.45) is 0 Å². The molecule has 132 valence electrons. The van der Waals surface area contributed by atoms with Crippen LogP contribution in [0, 0.1) is 0 Å². The van der Waals surface area contributed by atoms with Gasteiger partial charge in [-0.05, 0) is 35.4 Å². The summed E-state index contributed by atoms with van der Waals surface area (Å²) in [6.45, 7) is 0. The Labute approximate surface area is 163 Å². The second kappa shape index (κ2) is 6.48. The molecule has 0 spiro atoms. The average molecular weight is 394 g/mol. The van der Waals surface area contributed by atoms with E-state index in [-0.39, 0.29) is 15.4 Å². The Hall–Kier alpha value is -2.70. The van der Waals surface area contributed by atoms with Crippen LogP contribution < -0.4 is 5.46 Å². The van der Waals surface area contributed by atoms with Crippen LogP contribution in [0.1, 0.15) is 0 Å². The molecule has 0 aliphatic rings. The van der Waals surface area contributed by atoms with Crippen LogP contribution in [-0.2, 0) is 10.0 Å². The fourth-order valence-corrected chi connectivity index (χ4v) is 4.79. The van der Waals surface area contributed by atoms with Crippen LogP contribution in [0.25, 0.3) is 22.0 Å². The van der Waals surface area contributed by atoms with Gasteiger partial charge in [-0.3, -0.25) is 0 Å². The van der Waals surface area contributed by atoms with Gasteiger partial charge in [0.2, 0.25) is 0 Å². The highest BCUT2D eigenvalue weighted by Gasteiger charge is 2.24. The number of fused-ring (bicyclic) bond motifs is 1. The van der Waals surface area contributed by atoms with Gasteiger partial charge in [0, 0.05) is 11.6 Å². The fraction of sp³-hybridized carbons (Fsp3) is 0. The Morgan fingerprint density at radius 3 is 2.41 bits per heavy atom. The van der Waals surface area contributed by atoms with Crippen molar-refractivity contribution in [3.8, 4) is 16.9 Å². The van der Waals surface area contributed by atoms with Gasteiger partial charge in [-0.25, -0.2) is 12.4 Å². The van der Waals surface area contributed by atoms with Crippen molar-refractivity contribution in [3.05, 3.63) is 77.9 Å². The number of aromatic hydroxyl groups is 1. The number of halogens is 1. The lowest BCUT2D eigenvalue weighted by Gasteiger charge is -2.12. The molecular weight excluding hydrogens is 381 g/mol. The summed E-state index contributed by atoms with van der Waals surface area (Å²) in [4.78, 5) is -0.338. The number of rotatable bonds is 3. The Morgan fingerprint density at radius 1 is 0.926 bits per heavy atom. The van der Waals surface area contributed by atoms with Crippen LogP contribution in [0.15, 0.2) is 77.8 Å². The molecule has 0 bridgehead atoms. The second-order valence-electron chi connectivity index (χ2n) is 6.11. The zero-order chi connectivity index (χ0) is 19.2. The summed E-state index contributed by atoms with van der Waals surface area (Å²) in [6.07, 6.45) is 1.45. The number of nitrogens with zero attached hydrogens (tertiary/aromatic N) is 1. The van der Waals surface area contributed by atoms with Gasteiger partial charge in [0.05, 0.1) is 10.5 Å². The molecule has 0 aliphatic carbocycles. The van der Waals surface area contributed by atoms with Crippen molar-refractivity contribution in [2.45, 2.75) is 4.90 Å². The maximum Gasteiger partial charge on any atom is 0.271 e. The van der Waals surface area contributed by atoms with Crippen molar-refractivity contribution in [2.75, 3.05) is 0 Å². The topological polar surface area (TPSA) is 59.3 Å². The van der Waals surface area contributed by atoms with Crippen LogP contribution >= 0.6 is 11.6 Å². The normalized spacial score (nSPS) is 11.7. The van der Waals surface area contributed by atoms with Crippen LogP contribution in [0.3, 0.4) is 0 Å². The first-order valence-electron chi connectivity index (χ1n) is 8.08. The van der Waals surface area contributed by atoms with E-state index in [1.54, 1.807) is 12.1 Å². The molecule has 0 saturated heterocycles. The summed E-state index contributed by atoms with van der Waals surface area (Å²) in [5.74, 6) is -0.521. The van der Waals surface area contributed by atoms with Gasteiger partial charge in [0.25, 0.3) is 10.0 Å². The van der Waals surface area contributed by atoms with Crippen molar-refractivity contribution >= 4 is 45.8 Å². The zero-order valence-electron chi connectivity index (χ0n) is 14.0. The number of phenols is 1. The SMILES string of the molecule is [B]c1cc(Cl)c(O)c(S(=O)(=O)n2ccc3ccc(-c4ccccc4)cc32)c1. The third kappa shape index (κ3) is 3.01. The minimum atomic E-state index is -4.09. The lowest BCUT2D eigenvalue weighted by atomic mass is 9.96. The molecule has 0 unspecified atom stereocenters. The fourth-order valence-electron chi connectivity index (χ4n) is 3.02. The number of hydrogen-bond donors (Lipinski definition) is 1. The van der Waals surface area contributed by atoms with E-state index in [1.165, 1.54) is 18.3 Å². The summed E-state index contributed by atoms with van der Waals surface area (Å²) >= 11 is 5.91. The minimum absolute atomic E-state index is 0.116. The molecule has 7 heteroatoms. The van der Waals surface area contributed by atoms with E-state index in [4.69, 9.17) is 19.4 Å². The molecule has 4 aromatic rings. The van der Waals surface area contributed by atoms with E-state index in [1.807, 2.05) is 42.5 Å². The van der Waals surface area contributed by atoms with E-state index in [0.29, 0.717) is 5.52 Å². The van der Waals surface area contributed by atoms with Gasteiger partial charge in [0.15, 0.2) is 5.75 Å². The molecule has 0 atom stereocenters. The molecule has 4 nitrogen and oxygen atoms in total. The van der Waals surface area contributed by atoms with E-state index < -0.39 is 15.8 Å². The Balaban J connectivity index is 1.94.